The maximum atomic E-state index is 12.1. The largest absolute Gasteiger partial charge is 0.352 e. The Hall–Kier alpha value is -1.75. The topological polar surface area (TPSA) is 70.2 Å². The molecule has 0 aliphatic heterocycles. The highest BCUT2D eigenvalue weighted by molar-refractivity contribution is 6.30. The molecule has 0 spiro atoms. The predicted octanol–water partition coefficient (Wildman–Crippen LogP) is 3.59. The molecule has 1 aromatic carbocycles. The Kier molecular flexibility index (Phi) is 8.06. The molecule has 3 N–H and O–H groups in total. The molecule has 0 bridgehead atoms. The van der Waals surface area contributed by atoms with Crippen LogP contribution in [0.1, 0.15) is 49.4 Å². The fourth-order valence-electron chi connectivity index (χ4n) is 3.12. The van der Waals surface area contributed by atoms with Crippen LogP contribution in [0.4, 0.5) is 4.79 Å². The highest BCUT2D eigenvalue weighted by Gasteiger charge is 2.22. The summed E-state index contributed by atoms with van der Waals surface area (Å²) in [7, 11) is 0. The zero-order chi connectivity index (χ0) is 18.1. The first-order valence-electron chi connectivity index (χ1n) is 9.14. The summed E-state index contributed by atoms with van der Waals surface area (Å²) >= 11 is 5.84. The molecule has 0 atom stereocenters. The second-order valence-electron chi connectivity index (χ2n) is 6.74. The van der Waals surface area contributed by atoms with Crippen molar-refractivity contribution >= 4 is 23.5 Å². The summed E-state index contributed by atoms with van der Waals surface area (Å²) in [5.41, 5.74) is 0.639. The van der Waals surface area contributed by atoms with Gasteiger partial charge in [-0.1, -0.05) is 18.5 Å². The molecule has 6 heteroatoms. The second-order valence-corrected chi connectivity index (χ2v) is 7.18. The average Bonchev–Trinajstić information content (AvgIpc) is 2.64. The van der Waals surface area contributed by atoms with Gasteiger partial charge in [0.05, 0.1) is 0 Å². The molecule has 0 aromatic heterocycles. The molecule has 0 unspecified atom stereocenters. The minimum Gasteiger partial charge on any atom is -0.352 e. The quantitative estimate of drug-likeness (QED) is 0.691. The SMILES string of the molecule is CCCNC(=O)NCC1CCC(CNC(=O)c2ccc(Cl)cc2)CC1. The molecule has 0 radical (unpaired) electrons. The van der Waals surface area contributed by atoms with Crippen LogP contribution in [0.3, 0.4) is 0 Å². The van der Waals surface area contributed by atoms with Crippen LogP contribution >= 0.6 is 11.6 Å². The van der Waals surface area contributed by atoms with E-state index in [9.17, 15) is 9.59 Å². The van der Waals surface area contributed by atoms with Gasteiger partial charge in [-0.3, -0.25) is 4.79 Å². The van der Waals surface area contributed by atoms with Gasteiger partial charge in [0.25, 0.3) is 5.91 Å². The zero-order valence-corrected chi connectivity index (χ0v) is 15.6. The molecule has 1 aromatic rings. The molecule has 1 saturated carbocycles. The first-order chi connectivity index (χ1) is 12.1. The third-order valence-corrected chi connectivity index (χ3v) is 4.96. The van der Waals surface area contributed by atoms with E-state index in [1.54, 1.807) is 24.3 Å². The van der Waals surface area contributed by atoms with Crippen molar-refractivity contribution < 1.29 is 9.59 Å². The summed E-state index contributed by atoms with van der Waals surface area (Å²) in [6, 6.07) is 6.86. The summed E-state index contributed by atoms with van der Waals surface area (Å²) in [4.78, 5) is 23.7. The van der Waals surface area contributed by atoms with Crippen molar-refractivity contribution in [3.05, 3.63) is 34.9 Å². The maximum Gasteiger partial charge on any atom is 0.314 e. The molecular weight excluding hydrogens is 338 g/mol. The van der Waals surface area contributed by atoms with Crippen molar-refractivity contribution in [2.45, 2.75) is 39.0 Å². The molecule has 0 heterocycles. The van der Waals surface area contributed by atoms with Crippen molar-refractivity contribution in [3.63, 3.8) is 0 Å². The van der Waals surface area contributed by atoms with Crippen molar-refractivity contribution in [2.75, 3.05) is 19.6 Å². The Morgan fingerprint density at radius 3 is 2.08 bits per heavy atom. The number of nitrogens with one attached hydrogen (secondary N) is 3. The van der Waals surface area contributed by atoms with Gasteiger partial charge >= 0.3 is 6.03 Å². The van der Waals surface area contributed by atoms with Crippen molar-refractivity contribution in [1.82, 2.24) is 16.0 Å². The van der Waals surface area contributed by atoms with Gasteiger partial charge in [-0.2, -0.15) is 0 Å². The van der Waals surface area contributed by atoms with E-state index in [1.165, 1.54) is 0 Å². The van der Waals surface area contributed by atoms with Crippen molar-refractivity contribution in [3.8, 4) is 0 Å². The number of carbonyl (C=O) groups excluding carboxylic acids is 2. The molecule has 2 rings (SSSR count). The number of hydrogen-bond donors (Lipinski definition) is 3. The van der Waals surface area contributed by atoms with Gasteiger partial charge in [0, 0.05) is 30.2 Å². The third kappa shape index (κ3) is 6.94. The molecule has 3 amide bonds. The summed E-state index contributed by atoms with van der Waals surface area (Å²) in [6.45, 7) is 4.19. The average molecular weight is 366 g/mol. The van der Waals surface area contributed by atoms with Gasteiger partial charge in [-0.25, -0.2) is 4.79 Å². The predicted molar refractivity (Wildman–Crippen MR) is 101 cm³/mol. The van der Waals surface area contributed by atoms with Crippen LogP contribution in [0.15, 0.2) is 24.3 Å². The van der Waals surface area contributed by atoms with Crippen molar-refractivity contribution in [1.29, 1.82) is 0 Å². The Balaban J connectivity index is 1.62. The van der Waals surface area contributed by atoms with Gasteiger partial charge < -0.3 is 16.0 Å². The van der Waals surface area contributed by atoms with Gasteiger partial charge in [0.2, 0.25) is 0 Å². The summed E-state index contributed by atoms with van der Waals surface area (Å²) in [5, 5.41) is 9.42. The zero-order valence-electron chi connectivity index (χ0n) is 14.8. The monoisotopic (exact) mass is 365 g/mol. The molecule has 5 nitrogen and oxygen atoms in total. The van der Waals surface area contributed by atoms with E-state index in [1.807, 2.05) is 6.92 Å². The van der Waals surface area contributed by atoms with E-state index in [4.69, 9.17) is 11.6 Å². The number of urea groups is 1. The lowest BCUT2D eigenvalue weighted by atomic mass is 9.82. The van der Waals surface area contributed by atoms with E-state index in [-0.39, 0.29) is 11.9 Å². The van der Waals surface area contributed by atoms with Crippen LogP contribution in [-0.2, 0) is 0 Å². The van der Waals surface area contributed by atoms with E-state index in [0.29, 0.717) is 35.5 Å². The smallest absolute Gasteiger partial charge is 0.314 e. The fourth-order valence-corrected chi connectivity index (χ4v) is 3.24. The van der Waals surface area contributed by atoms with E-state index in [0.717, 1.165) is 38.6 Å². The lowest BCUT2D eigenvalue weighted by Crippen LogP contribution is -2.39. The number of carbonyl (C=O) groups is 2. The van der Waals surface area contributed by atoms with Crippen LogP contribution < -0.4 is 16.0 Å². The second kappa shape index (κ2) is 10.3. The van der Waals surface area contributed by atoms with Crippen LogP contribution in [0.5, 0.6) is 0 Å². The molecular formula is C19H28ClN3O2. The first kappa shape index (κ1) is 19.6. The third-order valence-electron chi connectivity index (χ3n) is 4.71. The van der Waals surface area contributed by atoms with Crippen LogP contribution in [-0.4, -0.2) is 31.6 Å². The van der Waals surface area contributed by atoms with E-state index < -0.39 is 0 Å². The maximum absolute atomic E-state index is 12.1. The fraction of sp³-hybridized carbons (Fsp3) is 0.579. The standard InChI is InChI=1S/C19H28ClN3O2/c1-2-11-21-19(25)23-13-15-5-3-14(4-6-15)12-22-18(24)16-7-9-17(20)10-8-16/h7-10,14-15H,2-6,11-13H2,1H3,(H,22,24)(H2,21,23,25). The summed E-state index contributed by atoms with van der Waals surface area (Å²) in [5.74, 6) is 1.00. The molecule has 1 aliphatic rings. The van der Waals surface area contributed by atoms with E-state index in [2.05, 4.69) is 16.0 Å². The normalized spacial score (nSPS) is 19.9. The highest BCUT2D eigenvalue weighted by atomic mass is 35.5. The Labute approximate surface area is 154 Å². The highest BCUT2D eigenvalue weighted by Crippen LogP contribution is 2.28. The van der Waals surface area contributed by atoms with Crippen LogP contribution in [0, 0.1) is 11.8 Å². The number of hydrogen-bond acceptors (Lipinski definition) is 2. The van der Waals surface area contributed by atoms with Crippen LogP contribution in [0.25, 0.3) is 0 Å². The van der Waals surface area contributed by atoms with Gasteiger partial charge in [-0.05, 0) is 68.2 Å². The number of benzene rings is 1. The lowest BCUT2D eigenvalue weighted by molar-refractivity contribution is 0.0941. The molecule has 1 aliphatic carbocycles. The van der Waals surface area contributed by atoms with Gasteiger partial charge in [0.15, 0.2) is 0 Å². The molecule has 0 saturated heterocycles. The van der Waals surface area contributed by atoms with Crippen LogP contribution in [0.2, 0.25) is 5.02 Å². The minimum atomic E-state index is -0.0702. The Bertz CT molecular complexity index is 554. The Morgan fingerprint density at radius 1 is 0.960 bits per heavy atom. The molecule has 138 valence electrons. The van der Waals surface area contributed by atoms with Gasteiger partial charge in [0.1, 0.15) is 0 Å². The number of halogens is 1. The summed E-state index contributed by atoms with van der Waals surface area (Å²) in [6.07, 6.45) is 5.30. The van der Waals surface area contributed by atoms with Crippen molar-refractivity contribution in [2.24, 2.45) is 11.8 Å². The summed E-state index contributed by atoms with van der Waals surface area (Å²) < 4.78 is 0. The first-order valence-corrected chi connectivity index (χ1v) is 9.51. The molecule has 25 heavy (non-hydrogen) atoms. The number of rotatable bonds is 7. The Morgan fingerprint density at radius 2 is 1.52 bits per heavy atom. The van der Waals surface area contributed by atoms with E-state index >= 15 is 0 Å². The number of amides is 3. The minimum absolute atomic E-state index is 0.0481. The molecule has 1 fully saturated rings. The lowest BCUT2D eigenvalue weighted by Gasteiger charge is -2.28. The van der Waals surface area contributed by atoms with Gasteiger partial charge in [-0.15, -0.1) is 0 Å².